The van der Waals surface area contributed by atoms with Crippen molar-refractivity contribution in [3.05, 3.63) is 35.1 Å². The molecule has 0 heterocycles. The first-order valence-corrected chi connectivity index (χ1v) is 8.35. The van der Waals surface area contributed by atoms with E-state index >= 15 is 0 Å². The molecular weight excluding hydrogens is 265 g/mol. The van der Waals surface area contributed by atoms with Crippen molar-refractivity contribution in [2.75, 3.05) is 18.6 Å². The van der Waals surface area contributed by atoms with Crippen LogP contribution in [0, 0.1) is 12.7 Å². The fourth-order valence-electron chi connectivity index (χ4n) is 2.02. The Labute approximate surface area is 115 Å². The first-order chi connectivity index (χ1) is 8.89. The monoisotopic (exact) mass is 287 g/mol. The average molecular weight is 287 g/mol. The second-order valence-corrected chi connectivity index (χ2v) is 7.22. The smallest absolute Gasteiger partial charge is 0.150 e. The molecule has 1 unspecified atom stereocenters. The van der Waals surface area contributed by atoms with Crippen molar-refractivity contribution < 1.29 is 12.8 Å². The molecule has 1 rings (SSSR count). The van der Waals surface area contributed by atoms with Gasteiger partial charge < -0.3 is 5.32 Å². The Bertz CT molecular complexity index is 514. The van der Waals surface area contributed by atoms with Crippen molar-refractivity contribution >= 4 is 9.84 Å². The maximum atomic E-state index is 13.9. The van der Waals surface area contributed by atoms with Gasteiger partial charge in [0.2, 0.25) is 0 Å². The summed E-state index contributed by atoms with van der Waals surface area (Å²) < 4.78 is 36.7. The molecule has 0 saturated heterocycles. The molecule has 108 valence electrons. The van der Waals surface area contributed by atoms with E-state index in [4.69, 9.17) is 0 Å². The lowest BCUT2D eigenvalue weighted by atomic mass is 10.0. The third-order valence-corrected chi connectivity index (χ3v) is 5.06. The second-order valence-electron chi connectivity index (χ2n) is 4.74. The zero-order valence-corrected chi connectivity index (χ0v) is 12.6. The van der Waals surface area contributed by atoms with Gasteiger partial charge in [0.1, 0.15) is 15.7 Å². The van der Waals surface area contributed by atoms with Crippen LogP contribution in [0.25, 0.3) is 0 Å². The molecule has 0 spiro atoms. The molecule has 0 bridgehead atoms. The van der Waals surface area contributed by atoms with Crippen molar-refractivity contribution in [3.8, 4) is 0 Å². The van der Waals surface area contributed by atoms with E-state index in [2.05, 4.69) is 5.32 Å². The van der Waals surface area contributed by atoms with Crippen LogP contribution in [0.5, 0.6) is 0 Å². The molecule has 1 atom stereocenters. The summed E-state index contributed by atoms with van der Waals surface area (Å²) in [6.45, 7) is 3.49. The summed E-state index contributed by atoms with van der Waals surface area (Å²) in [5.41, 5.74) is 1.48. The molecule has 0 aliphatic rings. The van der Waals surface area contributed by atoms with E-state index < -0.39 is 9.84 Å². The van der Waals surface area contributed by atoms with E-state index in [1.54, 1.807) is 20.0 Å². The van der Waals surface area contributed by atoms with Crippen molar-refractivity contribution in [2.24, 2.45) is 0 Å². The van der Waals surface area contributed by atoms with Gasteiger partial charge in [0.05, 0.1) is 5.75 Å². The number of nitrogens with one attached hydrogen (secondary N) is 1. The minimum absolute atomic E-state index is 0.146. The Morgan fingerprint density at radius 3 is 2.58 bits per heavy atom. The molecule has 0 fully saturated rings. The topological polar surface area (TPSA) is 46.2 Å². The van der Waals surface area contributed by atoms with E-state index in [0.29, 0.717) is 18.4 Å². The van der Waals surface area contributed by atoms with Crippen molar-refractivity contribution in [3.63, 3.8) is 0 Å². The van der Waals surface area contributed by atoms with E-state index in [1.807, 2.05) is 13.0 Å². The quantitative estimate of drug-likeness (QED) is 0.838. The molecule has 1 aromatic rings. The largest absolute Gasteiger partial charge is 0.313 e. The first kappa shape index (κ1) is 16.1. The van der Waals surface area contributed by atoms with Gasteiger partial charge in [0.15, 0.2) is 0 Å². The summed E-state index contributed by atoms with van der Waals surface area (Å²) in [5, 5.41) is 3.05. The van der Waals surface area contributed by atoms with Crippen LogP contribution in [-0.2, 0) is 9.84 Å². The summed E-state index contributed by atoms with van der Waals surface area (Å²) >= 11 is 0. The van der Waals surface area contributed by atoms with Crippen LogP contribution in [0.4, 0.5) is 4.39 Å². The van der Waals surface area contributed by atoms with Gasteiger partial charge in [-0.1, -0.05) is 19.1 Å². The molecule has 3 nitrogen and oxygen atoms in total. The Kier molecular flexibility index (Phi) is 5.94. The highest BCUT2D eigenvalue weighted by Crippen LogP contribution is 2.22. The number of sulfone groups is 1. The Balaban J connectivity index is 2.68. The summed E-state index contributed by atoms with van der Waals surface area (Å²) in [7, 11) is -1.18. The summed E-state index contributed by atoms with van der Waals surface area (Å²) in [6, 6.07) is 4.99. The minimum Gasteiger partial charge on any atom is -0.313 e. The molecule has 1 aromatic carbocycles. The lowest BCUT2D eigenvalue weighted by Crippen LogP contribution is -2.19. The molecule has 0 amide bonds. The van der Waals surface area contributed by atoms with Crippen LogP contribution >= 0.6 is 0 Å². The van der Waals surface area contributed by atoms with Crippen LogP contribution in [0.3, 0.4) is 0 Å². The van der Waals surface area contributed by atoms with E-state index in [0.717, 1.165) is 5.56 Å². The van der Waals surface area contributed by atoms with Gasteiger partial charge in [0.25, 0.3) is 0 Å². The molecule has 0 aromatic heterocycles. The minimum atomic E-state index is -2.94. The highest BCUT2D eigenvalue weighted by atomic mass is 32.2. The maximum Gasteiger partial charge on any atom is 0.150 e. The first-order valence-electron chi connectivity index (χ1n) is 6.53. The molecule has 0 saturated carbocycles. The lowest BCUT2D eigenvalue weighted by Gasteiger charge is -2.17. The predicted molar refractivity (Wildman–Crippen MR) is 76.5 cm³/mol. The number of aryl methyl sites for hydroxylation is 1. The number of halogens is 1. The summed E-state index contributed by atoms with van der Waals surface area (Å²) in [4.78, 5) is 0. The molecule has 1 N–H and O–H groups in total. The van der Waals surface area contributed by atoms with Gasteiger partial charge in [0, 0.05) is 17.4 Å². The van der Waals surface area contributed by atoms with E-state index in [9.17, 15) is 12.8 Å². The SMILES string of the molecule is CCS(=O)(=O)CCCC(NC)c1ccc(C)cc1F. The lowest BCUT2D eigenvalue weighted by molar-refractivity contribution is 0.501. The van der Waals surface area contributed by atoms with Gasteiger partial charge in [-0.05, 0) is 38.4 Å². The molecule has 19 heavy (non-hydrogen) atoms. The van der Waals surface area contributed by atoms with Crippen LogP contribution in [0.15, 0.2) is 18.2 Å². The molecule has 0 aliphatic carbocycles. The van der Waals surface area contributed by atoms with Crippen molar-refractivity contribution in [1.29, 1.82) is 0 Å². The van der Waals surface area contributed by atoms with Crippen LogP contribution < -0.4 is 5.32 Å². The molecule has 0 aliphatic heterocycles. The van der Waals surface area contributed by atoms with Crippen LogP contribution in [0.2, 0.25) is 0 Å². The number of hydrogen-bond acceptors (Lipinski definition) is 3. The highest BCUT2D eigenvalue weighted by molar-refractivity contribution is 7.91. The predicted octanol–water partition coefficient (Wildman–Crippen LogP) is 2.61. The zero-order valence-electron chi connectivity index (χ0n) is 11.7. The Morgan fingerprint density at radius 1 is 1.37 bits per heavy atom. The van der Waals surface area contributed by atoms with Gasteiger partial charge >= 0.3 is 0 Å². The maximum absolute atomic E-state index is 13.9. The highest BCUT2D eigenvalue weighted by Gasteiger charge is 2.15. The number of benzene rings is 1. The molecular formula is C14H22FNO2S. The third-order valence-electron chi connectivity index (χ3n) is 3.27. The second kappa shape index (κ2) is 7.01. The van der Waals surface area contributed by atoms with Gasteiger partial charge in [-0.25, -0.2) is 12.8 Å². The summed E-state index contributed by atoms with van der Waals surface area (Å²) in [6.07, 6.45) is 1.14. The zero-order chi connectivity index (χ0) is 14.5. The van der Waals surface area contributed by atoms with Gasteiger partial charge in [-0.3, -0.25) is 0 Å². The fourth-order valence-corrected chi connectivity index (χ4v) is 2.92. The molecule has 5 heteroatoms. The number of rotatable bonds is 7. The number of hydrogen-bond donors (Lipinski definition) is 1. The third kappa shape index (κ3) is 4.91. The van der Waals surface area contributed by atoms with Crippen molar-refractivity contribution in [2.45, 2.75) is 32.7 Å². The van der Waals surface area contributed by atoms with E-state index in [1.165, 1.54) is 6.07 Å². The normalized spacial score (nSPS) is 13.5. The Hall–Kier alpha value is -0.940. The molecule has 0 radical (unpaired) electrons. The van der Waals surface area contributed by atoms with Gasteiger partial charge in [-0.2, -0.15) is 0 Å². The van der Waals surface area contributed by atoms with E-state index in [-0.39, 0.29) is 23.4 Å². The van der Waals surface area contributed by atoms with Crippen LogP contribution in [-0.4, -0.2) is 27.0 Å². The van der Waals surface area contributed by atoms with Crippen molar-refractivity contribution in [1.82, 2.24) is 5.32 Å². The Morgan fingerprint density at radius 2 is 2.05 bits per heavy atom. The average Bonchev–Trinajstić information content (AvgIpc) is 2.36. The standard InChI is InChI=1S/C14H22FNO2S/c1-4-19(17,18)9-5-6-14(16-3)12-8-7-11(2)10-13(12)15/h7-8,10,14,16H,4-6,9H2,1-3H3. The fraction of sp³-hybridized carbons (Fsp3) is 0.571. The van der Waals surface area contributed by atoms with Gasteiger partial charge in [-0.15, -0.1) is 0 Å². The van der Waals surface area contributed by atoms with Crippen LogP contribution in [0.1, 0.15) is 36.9 Å². The summed E-state index contributed by atoms with van der Waals surface area (Å²) in [5.74, 6) is 0.0864.